The van der Waals surface area contributed by atoms with Crippen LogP contribution < -0.4 is 46.1 Å². The third-order valence-electron chi connectivity index (χ3n) is 6.33. The topological polar surface area (TPSA) is 242 Å². The first kappa shape index (κ1) is 30.0. The molecule has 1 unspecified atom stereocenters. The summed E-state index contributed by atoms with van der Waals surface area (Å²) in [5.41, 5.74) is 5.90. The van der Waals surface area contributed by atoms with Crippen molar-refractivity contribution in [3.63, 3.8) is 0 Å². The van der Waals surface area contributed by atoms with E-state index in [0.717, 1.165) is 4.57 Å². The van der Waals surface area contributed by atoms with Gasteiger partial charge in [0.05, 0.1) is 25.6 Å². The second-order valence-electron chi connectivity index (χ2n) is 8.89. The standard InChI is InChI=1S/C20H26N7O10P.Na/c1-9-4-26(20(31)25-19(9)30)14-2-10(29)13(36-14)6-34-38(32,33)37-11-3-15(35-12(11)5-28)27-8-24-16-17(21)22-7-23-18(16)27;/h4,7-8,10-15,28-29H,2-3,5-6H2,1H3,(H,32,33)(H2,21,22,23)(H,25,30,31);/q;+1/p-1/t10-,11-,12+,13+,14+,15+;/m0./s1. The number of fused-ring (bicyclic) bond motifs is 1. The summed E-state index contributed by atoms with van der Waals surface area (Å²) in [7, 11) is -4.72. The van der Waals surface area contributed by atoms with Crippen molar-refractivity contribution < 1.29 is 72.9 Å². The van der Waals surface area contributed by atoms with E-state index in [1.807, 2.05) is 0 Å². The van der Waals surface area contributed by atoms with Gasteiger partial charge in [0.15, 0.2) is 11.5 Å². The van der Waals surface area contributed by atoms with E-state index in [4.69, 9.17) is 24.3 Å². The average Bonchev–Trinajstić information content (AvgIpc) is 3.57. The van der Waals surface area contributed by atoms with Crippen LogP contribution in [0.1, 0.15) is 30.9 Å². The third kappa shape index (κ3) is 6.18. The minimum absolute atomic E-state index is 0. The molecule has 5 rings (SSSR count). The third-order valence-corrected chi connectivity index (χ3v) is 7.34. The average molecular weight is 577 g/mol. The van der Waals surface area contributed by atoms with Gasteiger partial charge in [-0.3, -0.25) is 18.2 Å². The molecule has 0 aromatic carbocycles. The van der Waals surface area contributed by atoms with Crippen LogP contribution in [0.4, 0.5) is 5.82 Å². The van der Waals surface area contributed by atoms with Gasteiger partial charge in [-0.05, 0) is 18.4 Å². The summed E-state index contributed by atoms with van der Waals surface area (Å²) in [6, 6.07) is 0. The fourth-order valence-corrected chi connectivity index (χ4v) is 5.35. The van der Waals surface area contributed by atoms with Gasteiger partial charge in [-0.25, -0.2) is 29.3 Å². The normalized spacial score (nSPS) is 28.4. The molecule has 2 fully saturated rings. The number of nitrogens with zero attached hydrogens (tertiary/aromatic N) is 6. The number of phosphoric ester groups is 1. The van der Waals surface area contributed by atoms with Crippen LogP contribution in [-0.2, 0) is 23.1 Å². The molecule has 5 N–H and O–H groups in total. The van der Waals surface area contributed by atoms with E-state index in [2.05, 4.69) is 19.9 Å². The molecule has 206 valence electrons. The van der Waals surface area contributed by atoms with E-state index < -0.39 is 69.5 Å². The van der Waals surface area contributed by atoms with Gasteiger partial charge in [0.2, 0.25) is 0 Å². The van der Waals surface area contributed by atoms with Crippen LogP contribution in [0.5, 0.6) is 5.88 Å². The van der Waals surface area contributed by atoms with Crippen molar-refractivity contribution >= 4 is 24.8 Å². The monoisotopic (exact) mass is 577 g/mol. The first-order valence-electron chi connectivity index (χ1n) is 11.5. The van der Waals surface area contributed by atoms with Crippen LogP contribution in [0.3, 0.4) is 0 Å². The van der Waals surface area contributed by atoms with E-state index in [0.29, 0.717) is 11.2 Å². The molecule has 19 heteroatoms. The molecule has 0 aliphatic carbocycles. The Bertz CT molecular complexity index is 1440. The minimum Gasteiger partial charge on any atom is -0.858 e. The smallest absolute Gasteiger partial charge is 0.858 e. The predicted octanol–water partition coefficient (Wildman–Crippen LogP) is -4.52. The van der Waals surface area contributed by atoms with Crippen molar-refractivity contribution in [3.8, 4) is 5.88 Å². The van der Waals surface area contributed by atoms with Crippen molar-refractivity contribution in [2.75, 3.05) is 18.9 Å². The Morgan fingerprint density at radius 3 is 2.67 bits per heavy atom. The quantitative estimate of drug-likeness (QED) is 0.146. The Kier molecular flexibility index (Phi) is 9.09. The zero-order valence-electron chi connectivity index (χ0n) is 20.9. The second kappa shape index (κ2) is 11.8. The van der Waals surface area contributed by atoms with Gasteiger partial charge in [-0.1, -0.05) is 0 Å². The first-order valence-corrected chi connectivity index (χ1v) is 13.0. The number of hydrogen-bond acceptors (Lipinski definition) is 14. The Labute approximate surface area is 242 Å². The van der Waals surface area contributed by atoms with E-state index in [1.54, 1.807) is 4.57 Å². The van der Waals surface area contributed by atoms with Crippen LogP contribution in [-0.4, -0.2) is 81.8 Å². The van der Waals surface area contributed by atoms with Crippen LogP contribution >= 0.6 is 7.82 Å². The Morgan fingerprint density at radius 1 is 1.21 bits per heavy atom. The number of phosphoric acid groups is 1. The number of aliphatic hydroxyl groups is 2. The van der Waals surface area contributed by atoms with E-state index >= 15 is 0 Å². The van der Waals surface area contributed by atoms with Gasteiger partial charge < -0.3 is 35.4 Å². The summed E-state index contributed by atoms with van der Waals surface area (Å²) in [5.74, 6) is -0.496. The van der Waals surface area contributed by atoms with Crippen LogP contribution in [0.25, 0.3) is 11.2 Å². The number of anilines is 1. The number of rotatable bonds is 8. The number of aromatic nitrogens is 6. The number of hydrogen-bond donors (Lipinski definition) is 4. The Balaban J connectivity index is 0.00000353. The summed E-state index contributed by atoms with van der Waals surface area (Å²) in [6.45, 7) is 0.419. The van der Waals surface area contributed by atoms with Gasteiger partial charge in [0, 0.05) is 19.0 Å². The van der Waals surface area contributed by atoms with E-state index in [1.165, 1.54) is 25.8 Å². The zero-order valence-corrected chi connectivity index (χ0v) is 23.8. The number of aryl methyl sites for hydroxylation is 1. The Morgan fingerprint density at radius 2 is 1.92 bits per heavy atom. The maximum atomic E-state index is 12.7. The van der Waals surface area contributed by atoms with Crippen LogP contribution in [0.15, 0.2) is 23.6 Å². The largest absolute Gasteiger partial charge is 1.00 e. The summed E-state index contributed by atoms with van der Waals surface area (Å²) in [5, 5.41) is 31.6. The molecule has 0 spiro atoms. The molecule has 17 nitrogen and oxygen atoms in total. The van der Waals surface area contributed by atoms with Gasteiger partial charge in [0.1, 0.15) is 42.6 Å². The van der Waals surface area contributed by atoms with Crippen molar-refractivity contribution in [1.29, 1.82) is 0 Å². The van der Waals surface area contributed by atoms with Crippen molar-refractivity contribution in [1.82, 2.24) is 29.1 Å². The number of nitrogen functional groups attached to an aromatic ring is 1. The molecule has 39 heavy (non-hydrogen) atoms. The first-order chi connectivity index (χ1) is 18.1. The molecule has 0 radical (unpaired) electrons. The number of nitrogens with two attached hydrogens (primary N) is 1. The number of imidazole rings is 1. The fourth-order valence-electron chi connectivity index (χ4n) is 4.39. The molecular formula is C20H25N7NaO10P. The molecule has 2 saturated heterocycles. The molecule has 2 aliphatic heterocycles. The molecule has 3 aromatic heterocycles. The zero-order chi connectivity index (χ0) is 27.2. The Hall–Kier alpha value is -2.02. The maximum Gasteiger partial charge on any atom is 1.00 e. The van der Waals surface area contributed by atoms with Crippen molar-refractivity contribution in [3.05, 3.63) is 34.9 Å². The maximum absolute atomic E-state index is 12.7. The van der Waals surface area contributed by atoms with Gasteiger partial charge in [-0.15, -0.1) is 0 Å². The molecule has 5 heterocycles. The summed E-state index contributed by atoms with van der Waals surface area (Å²) in [6.07, 6.45) is -1.97. The van der Waals surface area contributed by atoms with E-state index in [9.17, 15) is 29.6 Å². The predicted molar refractivity (Wildman–Crippen MR) is 123 cm³/mol. The number of aliphatic hydroxyl groups excluding tert-OH is 2. The summed E-state index contributed by atoms with van der Waals surface area (Å²) < 4.78 is 37.1. The minimum atomic E-state index is -4.72. The molecular weight excluding hydrogens is 552 g/mol. The van der Waals surface area contributed by atoms with Crippen molar-refractivity contribution in [2.24, 2.45) is 0 Å². The van der Waals surface area contributed by atoms with Gasteiger partial charge >= 0.3 is 43.1 Å². The second-order valence-corrected chi connectivity index (χ2v) is 10.3. The van der Waals surface area contributed by atoms with Crippen molar-refractivity contribution in [2.45, 2.75) is 56.6 Å². The molecule has 0 saturated carbocycles. The molecule has 2 aliphatic rings. The SMILES string of the molecule is Cc1cn([C@H]2C[C@H](O)[C@@H](COP(=O)(O)O[C@H]3C[C@H](n4cnc5c(N)ncnc54)O[C@@H]3CO)O2)c(=O)nc1[O-].[Na+]. The number of ether oxygens (including phenoxy) is 2. The fraction of sp³-hybridized carbons (Fsp3) is 0.550. The van der Waals surface area contributed by atoms with Gasteiger partial charge in [-0.2, -0.15) is 0 Å². The van der Waals surface area contributed by atoms with Gasteiger partial charge in [0.25, 0.3) is 0 Å². The molecule has 7 atom stereocenters. The molecule has 0 bridgehead atoms. The van der Waals surface area contributed by atoms with Crippen LogP contribution in [0, 0.1) is 6.92 Å². The summed E-state index contributed by atoms with van der Waals surface area (Å²) in [4.78, 5) is 37.9. The van der Waals surface area contributed by atoms with Crippen LogP contribution in [0.2, 0.25) is 0 Å². The summed E-state index contributed by atoms with van der Waals surface area (Å²) >= 11 is 0. The van der Waals surface area contributed by atoms with E-state index in [-0.39, 0.29) is 53.8 Å². The molecule has 3 aromatic rings. The molecule has 0 amide bonds.